The van der Waals surface area contributed by atoms with Crippen molar-refractivity contribution in [3.05, 3.63) is 0 Å². The molecule has 1 aliphatic carbocycles. The average Bonchev–Trinajstić information content (AvgIpc) is 3.13. The molecule has 1 amide bonds. The first kappa shape index (κ1) is 12.4. The van der Waals surface area contributed by atoms with Crippen LogP contribution in [-0.2, 0) is 9.59 Å². The van der Waals surface area contributed by atoms with Gasteiger partial charge in [-0.15, -0.1) is 0 Å². The second kappa shape index (κ2) is 4.64. The summed E-state index contributed by atoms with van der Waals surface area (Å²) in [6.07, 6.45) is 4.69. The van der Waals surface area contributed by atoms with Gasteiger partial charge in [0.2, 0.25) is 5.91 Å². The number of aliphatic carboxylic acids is 1. The van der Waals surface area contributed by atoms with E-state index in [0.29, 0.717) is 0 Å². The second-order valence-corrected chi connectivity index (χ2v) is 5.27. The van der Waals surface area contributed by atoms with Gasteiger partial charge in [0.15, 0.2) is 0 Å². The van der Waals surface area contributed by atoms with E-state index < -0.39 is 11.5 Å². The van der Waals surface area contributed by atoms with Crippen molar-refractivity contribution in [2.24, 2.45) is 5.92 Å². The number of rotatable bonds is 4. The second-order valence-electron chi connectivity index (χ2n) is 5.27. The predicted molar refractivity (Wildman–Crippen MR) is 62.5 cm³/mol. The number of piperidine rings is 1. The normalized spacial score (nSPS) is 28.2. The first-order valence-electron chi connectivity index (χ1n) is 6.33. The minimum atomic E-state index is -1.09. The number of hydrogen-bond acceptors (Lipinski definition) is 3. The zero-order chi connectivity index (χ0) is 12.5. The van der Waals surface area contributed by atoms with Crippen molar-refractivity contribution in [3.8, 4) is 0 Å². The third-order valence-corrected chi connectivity index (χ3v) is 3.85. The Labute approximate surface area is 101 Å². The number of carbonyl (C=O) groups excluding carboxylic acids is 1. The fourth-order valence-electron chi connectivity index (χ4n) is 2.41. The van der Waals surface area contributed by atoms with Gasteiger partial charge in [0.25, 0.3) is 0 Å². The van der Waals surface area contributed by atoms with Crippen LogP contribution in [0.2, 0.25) is 0 Å². The number of hydrogen-bond donors (Lipinski definition) is 3. The molecule has 0 bridgehead atoms. The molecule has 96 valence electrons. The fourth-order valence-corrected chi connectivity index (χ4v) is 2.41. The standard InChI is InChI=1S/C12H20N2O3/c1-12(11(16)17,8-5-6-8)14-10(15)9-4-2-3-7-13-9/h8-9,13H,2-7H2,1H3,(H,14,15)(H,16,17)/t9-,12?/m0/s1. The van der Waals surface area contributed by atoms with Crippen LogP contribution >= 0.6 is 0 Å². The van der Waals surface area contributed by atoms with Crippen molar-refractivity contribution >= 4 is 11.9 Å². The lowest BCUT2D eigenvalue weighted by molar-refractivity contribution is -0.148. The summed E-state index contributed by atoms with van der Waals surface area (Å²) in [4.78, 5) is 23.3. The maximum Gasteiger partial charge on any atom is 0.329 e. The van der Waals surface area contributed by atoms with Gasteiger partial charge in [-0.2, -0.15) is 0 Å². The van der Waals surface area contributed by atoms with Crippen LogP contribution in [0, 0.1) is 5.92 Å². The van der Waals surface area contributed by atoms with Crippen molar-refractivity contribution in [3.63, 3.8) is 0 Å². The summed E-state index contributed by atoms with van der Waals surface area (Å²) in [6, 6.07) is -0.221. The molecule has 17 heavy (non-hydrogen) atoms. The molecule has 0 spiro atoms. The first-order valence-corrected chi connectivity index (χ1v) is 6.33. The Morgan fingerprint density at radius 3 is 2.47 bits per heavy atom. The average molecular weight is 240 g/mol. The predicted octanol–water partition coefficient (Wildman–Crippen LogP) is 0.498. The van der Waals surface area contributed by atoms with Crippen LogP contribution in [0.5, 0.6) is 0 Å². The van der Waals surface area contributed by atoms with Crippen LogP contribution in [0.4, 0.5) is 0 Å². The quantitative estimate of drug-likeness (QED) is 0.668. The minimum absolute atomic E-state index is 0.0903. The smallest absolute Gasteiger partial charge is 0.329 e. The van der Waals surface area contributed by atoms with E-state index in [4.69, 9.17) is 0 Å². The largest absolute Gasteiger partial charge is 0.480 e. The van der Waals surface area contributed by atoms with E-state index in [1.165, 1.54) is 0 Å². The summed E-state index contributed by atoms with van der Waals surface area (Å²) >= 11 is 0. The minimum Gasteiger partial charge on any atom is -0.480 e. The Hall–Kier alpha value is -1.10. The van der Waals surface area contributed by atoms with E-state index in [1.807, 2.05) is 0 Å². The molecule has 0 aromatic carbocycles. The van der Waals surface area contributed by atoms with Crippen molar-refractivity contribution in [2.75, 3.05) is 6.54 Å². The highest BCUT2D eigenvalue weighted by molar-refractivity contribution is 5.89. The fraction of sp³-hybridized carbons (Fsp3) is 0.833. The molecule has 5 heteroatoms. The molecular formula is C12H20N2O3. The van der Waals surface area contributed by atoms with E-state index in [2.05, 4.69) is 10.6 Å². The molecule has 2 fully saturated rings. The summed E-state index contributed by atoms with van der Waals surface area (Å²) in [5, 5.41) is 15.1. The molecule has 2 rings (SSSR count). The van der Waals surface area contributed by atoms with Crippen molar-refractivity contribution in [1.29, 1.82) is 0 Å². The molecule has 1 unspecified atom stereocenters. The maximum atomic E-state index is 12.0. The Morgan fingerprint density at radius 2 is 2.00 bits per heavy atom. The summed E-state index contributed by atoms with van der Waals surface area (Å²) in [7, 11) is 0. The highest BCUT2D eigenvalue weighted by Gasteiger charge is 2.49. The maximum absolute atomic E-state index is 12.0. The molecule has 1 aliphatic heterocycles. The number of amides is 1. The summed E-state index contributed by atoms with van der Waals surface area (Å²) < 4.78 is 0. The van der Waals surface area contributed by atoms with Gasteiger partial charge < -0.3 is 15.7 Å². The monoisotopic (exact) mass is 240 g/mol. The first-order chi connectivity index (χ1) is 8.04. The van der Waals surface area contributed by atoms with Crippen LogP contribution in [0.3, 0.4) is 0 Å². The van der Waals surface area contributed by atoms with Gasteiger partial charge in [0, 0.05) is 0 Å². The van der Waals surface area contributed by atoms with Crippen LogP contribution in [0.1, 0.15) is 39.0 Å². The molecule has 3 N–H and O–H groups in total. The van der Waals surface area contributed by atoms with E-state index >= 15 is 0 Å². The van der Waals surface area contributed by atoms with Gasteiger partial charge in [-0.05, 0) is 45.1 Å². The molecule has 5 nitrogen and oxygen atoms in total. The Kier molecular flexibility index (Phi) is 3.38. The van der Waals surface area contributed by atoms with Crippen molar-refractivity contribution in [2.45, 2.75) is 50.6 Å². The zero-order valence-corrected chi connectivity index (χ0v) is 10.2. The Bertz CT molecular complexity index is 322. The highest BCUT2D eigenvalue weighted by Crippen LogP contribution is 2.39. The van der Waals surface area contributed by atoms with E-state index in [9.17, 15) is 14.7 Å². The van der Waals surface area contributed by atoms with E-state index in [0.717, 1.165) is 38.6 Å². The number of carboxylic acids is 1. The summed E-state index contributed by atoms with van der Waals surface area (Å²) in [6.45, 7) is 2.46. The summed E-state index contributed by atoms with van der Waals surface area (Å²) in [5.74, 6) is -1.00. The number of carboxylic acid groups (broad SMARTS) is 1. The molecule has 1 saturated heterocycles. The van der Waals surface area contributed by atoms with Crippen LogP contribution < -0.4 is 10.6 Å². The molecule has 2 atom stereocenters. The van der Waals surface area contributed by atoms with Gasteiger partial charge in [-0.25, -0.2) is 4.79 Å². The topological polar surface area (TPSA) is 78.4 Å². The molecule has 0 aromatic rings. The van der Waals surface area contributed by atoms with Gasteiger partial charge in [-0.1, -0.05) is 6.42 Å². The SMILES string of the molecule is CC(NC(=O)[C@@H]1CCCCN1)(C(=O)O)C1CC1. The van der Waals surface area contributed by atoms with E-state index in [1.54, 1.807) is 6.92 Å². The summed E-state index contributed by atoms with van der Waals surface area (Å²) in [5.41, 5.74) is -1.09. The number of carbonyl (C=O) groups is 2. The molecule has 1 saturated carbocycles. The molecule has 0 aromatic heterocycles. The zero-order valence-electron chi connectivity index (χ0n) is 10.2. The molecular weight excluding hydrogens is 220 g/mol. The van der Waals surface area contributed by atoms with Crippen LogP contribution in [-0.4, -0.2) is 35.1 Å². The van der Waals surface area contributed by atoms with Crippen molar-refractivity contribution < 1.29 is 14.7 Å². The lowest BCUT2D eigenvalue weighted by Crippen LogP contribution is -2.59. The van der Waals surface area contributed by atoms with E-state index in [-0.39, 0.29) is 17.9 Å². The molecule has 1 heterocycles. The Morgan fingerprint density at radius 1 is 1.29 bits per heavy atom. The van der Waals surface area contributed by atoms with Gasteiger partial charge >= 0.3 is 5.97 Å². The van der Waals surface area contributed by atoms with Gasteiger partial charge in [0.1, 0.15) is 5.54 Å². The molecule has 2 aliphatic rings. The van der Waals surface area contributed by atoms with Crippen LogP contribution in [0.25, 0.3) is 0 Å². The highest BCUT2D eigenvalue weighted by atomic mass is 16.4. The van der Waals surface area contributed by atoms with Gasteiger partial charge in [-0.3, -0.25) is 4.79 Å². The Balaban J connectivity index is 1.97. The van der Waals surface area contributed by atoms with Gasteiger partial charge in [0.05, 0.1) is 6.04 Å². The number of nitrogens with one attached hydrogen (secondary N) is 2. The third kappa shape index (κ3) is 2.60. The van der Waals surface area contributed by atoms with Crippen molar-refractivity contribution in [1.82, 2.24) is 10.6 Å². The molecule has 0 radical (unpaired) electrons. The lowest BCUT2D eigenvalue weighted by atomic mass is 9.94. The lowest BCUT2D eigenvalue weighted by Gasteiger charge is -2.30. The third-order valence-electron chi connectivity index (χ3n) is 3.85. The van der Waals surface area contributed by atoms with Crippen LogP contribution in [0.15, 0.2) is 0 Å².